The summed E-state index contributed by atoms with van der Waals surface area (Å²) in [7, 11) is -4.67. The Hall–Kier alpha value is -6.01. The van der Waals surface area contributed by atoms with E-state index in [0.29, 0.717) is 47.6 Å². The number of hydrogen-bond acceptors (Lipinski definition) is 11. The number of aromatic nitrogens is 4. The second-order valence-corrected chi connectivity index (χ2v) is 13.2. The van der Waals surface area contributed by atoms with Crippen LogP contribution in [0, 0.1) is 0 Å². The van der Waals surface area contributed by atoms with Crippen LogP contribution in [-0.4, -0.2) is 58.7 Å². The van der Waals surface area contributed by atoms with Crippen molar-refractivity contribution in [3.05, 3.63) is 101 Å². The number of likely N-dealkylation sites (tertiary alicyclic amines) is 1. The summed E-state index contributed by atoms with van der Waals surface area (Å²) in [4.78, 5) is 34.8. The number of alkyl halides is 3. The first-order valence-electron chi connectivity index (χ1n) is 15.8. The molecule has 1 aliphatic rings. The molecule has 1 saturated heterocycles. The minimum absolute atomic E-state index is 0.149. The lowest BCUT2D eigenvalue weighted by atomic mass is 10.1. The third-order valence-corrected chi connectivity index (χ3v) is 9.26. The van der Waals surface area contributed by atoms with E-state index < -0.39 is 51.2 Å². The molecule has 0 radical (unpaired) electrons. The van der Waals surface area contributed by atoms with Crippen LogP contribution in [-0.2, 0) is 25.5 Å². The fourth-order valence-corrected chi connectivity index (χ4v) is 6.72. The SMILES string of the molecule is Nc1ncnc2c1c(-c1ccc(Oc3ccccc3)cc1)nn2[C@@H]1CCCN(C(=O)COS(=O)(=O)Nc2ccc3oc(=O)cc(C(F)(F)F)c3c2)C1. The van der Waals surface area contributed by atoms with E-state index in [4.69, 9.17) is 24.2 Å². The van der Waals surface area contributed by atoms with Gasteiger partial charge in [0, 0.05) is 30.1 Å². The third-order valence-electron chi connectivity index (χ3n) is 8.35. The number of halogens is 3. The van der Waals surface area contributed by atoms with Crippen LogP contribution >= 0.6 is 0 Å². The smallest absolute Gasteiger partial charge is 0.417 e. The van der Waals surface area contributed by atoms with Crippen molar-refractivity contribution >= 4 is 49.7 Å². The van der Waals surface area contributed by atoms with Gasteiger partial charge in [-0.15, -0.1) is 0 Å². The van der Waals surface area contributed by atoms with E-state index >= 15 is 0 Å². The molecule has 52 heavy (non-hydrogen) atoms. The van der Waals surface area contributed by atoms with Gasteiger partial charge in [0.05, 0.1) is 22.7 Å². The number of nitrogens with zero attached hydrogens (tertiary/aromatic N) is 5. The lowest BCUT2D eigenvalue weighted by Gasteiger charge is -2.32. The molecule has 0 bridgehead atoms. The molecule has 0 aliphatic carbocycles. The van der Waals surface area contributed by atoms with E-state index in [0.717, 1.165) is 23.8 Å². The second kappa shape index (κ2) is 13.6. The zero-order chi connectivity index (χ0) is 36.6. The first-order valence-corrected chi connectivity index (χ1v) is 17.2. The number of hydrogen-bond donors (Lipinski definition) is 2. The van der Waals surface area contributed by atoms with Crippen molar-refractivity contribution in [3.8, 4) is 22.8 Å². The Morgan fingerprint density at radius 2 is 1.77 bits per heavy atom. The number of piperidine rings is 1. The van der Waals surface area contributed by atoms with Gasteiger partial charge < -0.3 is 19.8 Å². The summed E-state index contributed by atoms with van der Waals surface area (Å²) in [5, 5.41) is 4.84. The largest absolute Gasteiger partial charge is 0.457 e. The number of fused-ring (bicyclic) bond motifs is 2. The van der Waals surface area contributed by atoms with Crippen molar-refractivity contribution < 1.29 is 39.7 Å². The molecule has 1 atom stereocenters. The molecule has 7 rings (SSSR count). The molecule has 6 aromatic rings. The molecule has 3 aromatic heterocycles. The second-order valence-electron chi connectivity index (χ2n) is 11.8. The molecule has 18 heteroatoms. The molecule has 3 aromatic carbocycles. The number of para-hydroxylation sites is 1. The molecule has 1 amide bonds. The van der Waals surface area contributed by atoms with E-state index in [1.165, 1.54) is 11.2 Å². The summed E-state index contributed by atoms with van der Waals surface area (Å²) < 4.78 is 85.4. The van der Waals surface area contributed by atoms with Gasteiger partial charge in [-0.2, -0.15) is 26.7 Å². The van der Waals surface area contributed by atoms with E-state index in [1.807, 2.05) is 47.2 Å². The predicted molar refractivity (Wildman–Crippen MR) is 183 cm³/mol. The van der Waals surface area contributed by atoms with Crippen LogP contribution in [0.25, 0.3) is 33.3 Å². The Morgan fingerprint density at radius 1 is 1.02 bits per heavy atom. The summed E-state index contributed by atoms with van der Waals surface area (Å²) in [6.45, 7) is -0.417. The van der Waals surface area contributed by atoms with Gasteiger partial charge in [0.25, 0.3) is 0 Å². The van der Waals surface area contributed by atoms with Crippen LogP contribution < -0.4 is 20.8 Å². The maximum Gasteiger partial charge on any atom is 0.417 e. The van der Waals surface area contributed by atoms with Crippen molar-refractivity contribution in [3.63, 3.8) is 0 Å². The average molecular weight is 736 g/mol. The first-order chi connectivity index (χ1) is 24.8. The van der Waals surface area contributed by atoms with Crippen molar-refractivity contribution in [1.29, 1.82) is 0 Å². The Morgan fingerprint density at radius 3 is 2.52 bits per heavy atom. The summed E-state index contributed by atoms with van der Waals surface area (Å²) >= 11 is 0. The van der Waals surface area contributed by atoms with E-state index in [1.54, 1.807) is 16.8 Å². The number of nitrogens with two attached hydrogens (primary N) is 1. The minimum atomic E-state index is -4.91. The van der Waals surface area contributed by atoms with Gasteiger partial charge in [-0.25, -0.2) is 23.6 Å². The first kappa shape index (κ1) is 34.4. The fourth-order valence-electron chi connectivity index (χ4n) is 5.99. The number of carbonyl (C=O) groups excluding carboxylic acids is 1. The molecule has 268 valence electrons. The van der Waals surface area contributed by atoms with Crippen molar-refractivity contribution in [2.75, 3.05) is 30.2 Å². The van der Waals surface area contributed by atoms with Crippen molar-refractivity contribution in [2.24, 2.45) is 0 Å². The van der Waals surface area contributed by atoms with Crippen LogP contribution in [0.1, 0.15) is 24.4 Å². The number of carbonyl (C=O) groups is 1. The number of nitrogens with one attached hydrogen (secondary N) is 1. The monoisotopic (exact) mass is 735 g/mol. The topological polar surface area (TPSA) is 185 Å². The fraction of sp³-hybridized carbons (Fsp3) is 0.206. The minimum Gasteiger partial charge on any atom is -0.457 e. The molecule has 3 N–H and O–H groups in total. The van der Waals surface area contributed by atoms with Gasteiger partial charge in [0.1, 0.15) is 41.5 Å². The van der Waals surface area contributed by atoms with Gasteiger partial charge in [0.2, 0.25) is 5.91 Å². The lowest BCUT2D eigenvalue weighted by Crippen LogP contribution is -2.43. The molecular weight excluding hydrogens is 707 g/mol. The highest BCUT2D eigenvalue weighted by atomic mass is 32.2. The molecule has 1 fully saturated rings. The van der Waals surface area contributed by atoms with E-state index in [-0.39, 0.29) is 30.2 Å². The highest BCUT2D eigenvalue weighted by molar-refractivity contribution is 7.88. The number of rotatable bonds is 9. The van der Waals surface area contributed by atoms with Crippen LogP contribution in [0.15, 0.2) is 94.4 Å². The molecular formula is C34H28F3N7O7S. The Labute approximate surface area is 292 Å². The zero-order valence-electron chi connectivity index (χ0n) is 26.9. The highest BCUT2D eigenvalue weighted by Crippen LogP contribution is 2.36. The Balaban J connectivity index is 1.05. The number of anilines is 2. The highest BCUT2D eigenvalue weighted by Gasteiger charge is 2.34. The Bertz CT molecular complexity index is 2460. The maximum absolute atomic E-state index is 13.5. The predicted octanol–water partition coefficient (Wildman–Crippen LogP) is 5.53. The molecule has 0 spiro atoms. The van der Waals surface area contributed by atoms with Gasteiger partial charge in [0.15, 0.2) is 5.65 Å². The zero-order valence-corrected chi connectivity index (χ0v) is 27.7. The number of nitrogen functional groups attached to an aromatic ring is 1. The number of amides is 1. The number of ether oxygens (including phenoxy) is 1. The Kier molecular flexibility index (Phi) is 9.01. The molecule has 0 saturated carbocycles. The van der Waals surface area contributed by atoms with Crippen LogP contribution in [0.2, 0.25) is 0 Å². The van der Waals surface area contributed by atoms with Gasteiger partial charge in [-0.05, 0) is 67.4 Å². The van der Waals surface area contributed by atoms with Gasteiger partial charge in [-0.1, -0.05) is 18.2 Å². The average Bonchev–Trinajstić information content (AvgIpc) is 3.52. The summed E-state index contributed by atoms with van der Waals surface area (Å²) in [5.41, 5.74) is 4.80. The number of benzene rings is 3. The molecule has 0 unspecified atom stereocenters. The normalized spacial score (nSPS) is 15.2. The van der Waals surface area contributed by atoms with Crippen LogP contribution in [0.3, 0.4) is 0 Å². The van der Waals surface area contributed by atoms with Crippen LogP contribution in [0.5, 0.6) is 11.5 Å². The van der Waals surface area contributed by atoms with Gasteiger partial charge >= 0.3 is 22.1 Å². The quantitative estimate of drug-likeness (QED) is 0.178. The maximum atomic E-state index is 13.5. The van der Waals surface area contributed by atoms with E-state index in [9.17, 15) is 31.2 Å². The summed E-state index contributed by atoms with van der Waals surface area (Å²) in [5.74, 6) is 0.876. The van der Waals surface area contributed by atoms with Crippen LogP contribution in [0.4, 0.5) is 24.7 Å². The van der Waals surface area contributed by atoms with E-state index in [2.05, 4.69) is 9.97 Å². The summed E-state index contributed by atoms with van der Waals surface area (Å²) in [6, 6.07) is 19.5. The van der Waals surface area contributed by atoms with Crippen molar-refractivity contribution in [1.82, 2.24) is 24.6 Å². The van der Waals surface area contributed by atoms with Crippen molar-refractivity contribution in [2.45, 2.75) is 25.1 Å². The standard InChI is InChI=1S/C34H28F3N7O7S/c35-34(36,37)26-16-29(46)51-27-13-10-21(15-25(26)27)42-52(47,48)49-18-28(45)43-14-4-5-22(17-43)44-33-30(32(38)39-19-40-33)31(41-44)20-8-11-24(12-9-20)50-23-6-2-1-3-7-23/h1-3,6-13,15-16,19,22,42H,4-5,14,17-18H2,(H2,38,39,40)/t22-/m1/s1. The molecule has 14 nitrogen and oxygen atoms in total. The molecule has 4 heterocycles. The summed E-state index contributed by atoms with van der Waals surface area (Å²) in [6.07, 6.45) is -2.41. The molecule has 1 aliphatic heterocycles. The lowest BCUT2D eigenvalue weighted by molar-refractivity contribution is -0.136. The van der Waals surface area contributed by atoms with Gasteiger partial charge in [-0.3, -0.25) is 9.52 Å². The third kappa shape index (κ3) is 7.24.